The molecule has 0 fully saturated rings. The van der Waals surface area contributed by atoms with Crippen molar-refractivity contribution in [3.05, 3.63) is 39.7 Å². The second-order valence-corrected chi connectivity index (χ2v) is 3.80. The van der Waals surface area contributed by atoms with Gasteiger partial charge in [0.05, 0.1) is 5.56 Å². The number of aryl methyl sites for hydroxylation is 1. The van der Waals surface area contributed by atoms with Crippen molar-refractivity contribution in [2.24, 2.45) is 0 Å². The van der Waals surface area contributed by atoms with Crippen molar-refractivity contribution < 1.29 is 13.9 Å². The van der Waals surface area contributed by atoms with Crippen LogP contribution in [-0.2, 0) is 0 Å². The van der Waals surface area contributed by atoms with Crippen LogP contribution in [0.1, 0.15) is 15.9 Å². The van der Waals surface area contributed by atoms with Gasteiger partial charge in [-0.25, -0.2) is 4.79 Å². The van der Waals surface area contributed by atoms with Gasteiger partial charge in [0.15, 0.2) is 6.61 Å². The summed E-state index contributed by atoms with van der Waals surface area (Å²) in [6, 6.07) is 4.73. The molecule has 1 aliphatic rings. The van der Waals surface area contributed by atoms with E-state index in [0.29, 0.717) is 16.9 Å². The van der Waals surface area contributed by atoms with Gasteiger partial charge in [-0.1, -0.05) is 0 Å². The molecular weight excluding hydrogens is 208 g/mol. The van der Waals surface area contributed by atoms with Gasteiger partial charge in [-0.15, -0.1) is 0 Å². The van der Waals surface area contributed by atoms with Crippen molar-refractivity contribution in [1.82, 2.24) is 0 Å². The zero-order chi connectivity index (χ0) is 11.3. The lowest BCUT2D eigenvalue weighted by molar-refractivity contribution is 0.0961. The van der Waals surface area contributed by atoms with E-state index in [2.05, 4.69) is 0 Å². The van der Waals surface area contributed by atoms with E-state index in [1.807, 2.05) is 6.92 Å². The smallest absolute Gasteiger partial charge is 0.336 e. The summed E-state index contributed by atoms with van der Waals surface area (Å²) in [5, 5.41) is 0.775. The van der Waals surface area contributed by atoms with Crippen LogP contribution in [0.25, 0.3) is 11.0 Å². The molecule has 0 saturated heterocycles. The number of fused-ring (bicyclic) bond motifs is 2. The molecule has 0 N–H and O–H groups in total. The van der Waals surface area contributed by atoms with Crippen molar-refractivity contribution in [3.63, 3.8) is 0 Å². The number of ether oxygens (including phenoxy) is 1. The predicted molar refractivity (Wildman–Crippen MR) is 57.0 cm³/mol. The van der Waals surface area contributed by atoms with Crippen LogP contribution in [0.15, 0.2) is 27.4 Å². The Labute approximate surface area is 90.4 Å². The average Bonchev–Trinajstić information content (AvgIpc) is 2.57. The number of ketones is 1. The number of rotatable bonds is 0. The first kappa shape index (κ1) is 9.15. The second-order valence-electron chi connectivity index (χ2n) is 3.80. The SMILES string of the molecule is Cc1cc(=O)oc2cc3c(cc12)C(=O)CO3. The molecule has 3 rings (SSSR count). The minimum atomic E-state index is -0.394. The Morgan fingerprint density at radius 2 is 2.00 bits per heavy atom. The molecule has 4 nitrogen and oxygen atoms in total. The first-order chi connectivity index (χ1) is 7.65. The first-order valence-electron chi connectivity index (χ1n) is 4.89. The van der Waals surface area contributed by atoms with Crippen molar-refractivity contribution in [2.45, 2.75) is 6.92 Å². The van der Waals surface area contributed by atoms with Crippen molar-refractivity contribution in [2.75, 3.05) is 6.61 Å². The summed E-state index contributed by atoms with van der Waals surface area (Å²) >= 11 is 0. The van der Waals surface area contributed by atoms with Crippen LogP contribution in [0.4, 0.5) is 0 Å². The molecule has 1 aliphatic heterocycles. The molecule has 0 amide bonds. The summed E-state index contributed by atoms with van der Waals surface area (Å²) in [6.45, 7) is 1.88. The maximum atomic E-state index is 11.5. The average molecular weight is 216 g/mol. The maximum absolute atomic E-state index is 11.5. The van der Waals surface area contributed by atoms with E-state index in [4.69, 9.17) is 9.15 Å². The number of hydrogen-bond acceptors (Lipinski definition) is 4. The number of benzene rings is 1. The Morgan fingerprint density at radius 3 is 2.81 bits per heavy atom. The maximum Gasteiger partial charge on any atom is 0.336 e. The molecule has 0 atom stereocenters. The van der Waals surface area contributed by atoms with Gasteiger partial charge >= 0.3 is 5.63 Å². The lowest BCUT2D eigenvalue weighted by Crippen LogP contribution is -1.99. The van der Waals surface area contributed by atoms with Crippen LogP contribution < -0.4 is 10.4 Å². The summed E-state index contributed by atoms with van der Waals surface area (Å²) in [6.07, 6.45) is 0. The van der Waals surface area contributed by atoms with Gasteiger partial charge < -0.3 is 9.15 Å². The molecule has 0 radical (unpaired) electrons. The third kappa shape index (κ3) is 1.16. The zero-order valence-electron chi connectivity index (χ0n) is 8.57. The first-order valence-corrected chi connectivity index (χ1v) is 4.89. The van der Waals surface area contributed by atoms with Gasteiger partial charge in [-0.05, 0) is 18.6 Å². The molecule has 0 bridgehead atoms. The summed E-state index contributed by atoms with van der Waals surface area (Å²) in [4.78, 5) is 22.7. The lowest BCUT2D eigenvalue weighted by Gasteiger charge is -2.02. The predicted octanol–water partition coefficient (Wildman–Crippen LogP) is 1.68. The quantitative estimate of drug-likeness (QED) is 0.628. The summed E-state index contributed by atoms with van der Waals surface area (Å²) < 4.78 is 10.2. The molecule has 80 valence electrons. The summed E-state index contributed by atoms with van der Waals surface area (Å²) in [7, 11) is 0. The fourth-order valence-corrected chi connectivity index (χ4v) is 1.90. The van der Waals surface area contributed by atoms with E-state index in [1.54, 1.807) is 12.1 Å². The van der Waals surface area contributed by atoms with Gasteiger partial charge in [-0.2, -0.15) is 0 Å². The largest absolute Gasteiger partial charge is 0.485 e. The van der Waals surface area contributed by atoms with E-state index >= 15 is 0 Å². The Morgan fingerprint density at radius 1 is 1.19 bits per heavy atom. The van der Waals surface area contributed by atoms with Crippen LogP contribution in [0, 0.1) is 6.92 Å². The highest BCUT2D eigenvalue weighted by Gasteiger charge is 2.22. The van der Waals surface area contributed by atoms with Crippen molar-refractivity contribution >= 4 is 16.8 Å². The molecule has 0 unspecified atom stereocenters. The Kier molecular flexibility index (Phi) is 1.68. The zero-order valence-corrected chi connectivity index (χ0v) is 8.57. The Bertz CT molecular complexity index is 667. The topological polar surface area (TPSA) is 56.5 Å². The minimum Gasteiger partial charge on any atom is -0.485 e. The third-order valence-electron chi connectivity index (χ3n) is 2.71. The molecular formula is C12H8O4. The van der Waals surface area contributed by atoms with Crippen molar-refractivity contribution in [3.8, 4) is 5.75 Å². The fourth-order valence-electron chi connectivity index (χ4n) is 1.90. The number of carbonyl (C=O) groups is 1. The molecule has 1 aromatic heterocycles. The second kappa shape index (κ2) is 2.95. The van der Waals surface area contributed by atoms with E-state index in [9.17, 15) is 9.59 Å². The molecule has 0 spiro atoms. The highest BCUT2D eigenvalue weighted by molar-refractivity contribution is 6.05. The lowest BCUT2D eigenvalue weighted by atomic mass is 10.1. The van der Waals surface area contributed by atoms with Crippen LogP contribution >= 0.6 is 0 Å². The highest BCUT2D eigenvalue weighted by atomic mass is 16.5. The summed E-state index contributed by atoms with van der Waals surface area (Å²) in [5.41, 5.74) is 1.42. The number of hydrogen-bond donors (Lipinski definition) is 0. The van der Waals surface area contributed by atoms with Gasteiger partial charge in [-0.3, -0.25) is 4.79 Å². The van der Waals surface area contributed by atoms with Gasteiger partial charge in [0, 0.05) is 17.5 Å². The van der Waals surface area contributed by atoms with Crippen LogP contribution in [-0.4, -0.2) is 12.4 Å². The summed E-state index contributed by atoms with van der Waals surface area (Å²) in [5.74, 6) is 0.453. The normalized spacial score (nSPS) is 13.9. The molecule has 1 aromatic carbocycles. The monoisotopic (exact) mass is 216 g/mol. The van der Waals surface area contributed by atoms with E-state index in [0.717, 1.165) is 10.9 Å². The molecule has 4 heteroatoms. The standard InChI is InChI=1S/C12H8O4/c1-6-2-12(14)16-11-4-10-8(3-7(6)11)9(13)5-15-10/h2-4H,5H2,1H3. The van der Waals surface area contributed by atoms with Gasteiger partial charge in [0.1, 0.15) is 11.3 Å². The molecule has 16 heavy (non-hydrogen) atoms. The van der Waals surface area contributed by atoms with Crippen LogP contribution in [0.2, 0.25) is 0 Å². The van der Waals surface area contributed by atoms with Gasteiger partial charge in [0.2, 0.25) is 5.78 Å². The Hall–Kier alpha value is -2.10. The highest BCUT2D eigenvalue weighted by Crippen LogP contribution is 2.30. The van der Waals surface area contributed by atoms with E-state index < -0.39 is 5.63 Å². The number of carbonyl (C=O) groups excluding carboxylic acids is 1. The third-order valence-corrected chi connectivity index (χ3v) is 2.71. The van der Waals surface area contributed by atoms with Crippen LogP contribution in [0.3, 0.4) is 0 Å². The fraction of sp³-hybridized carbons (Fsp3) is 0.167. The van der Waals surface area contributed by atoms with E-state index in [1.165, 1.54) is 6.07 Å². The van der Waals surface area contributed by atoms with Crippen molar-refractivity contribution in [1.29, 1.82) is 0 Å². The minimum absolute atomic E-state index is 0.0394. The van der Waals surface area contributed by atoms with Gasteiger partial charge in [0.25, 0.3) is 0 Å². The van der Waals surface area contributed by atoms with Crippen LogP contribution in [0.5, 0.6) is 5.75 Å². The molecule has 2 heterocycles. The molecule has 0 saturated carbocycles. The Balaban J connectivity index is 2.44. The number of Topliss-reactive ketones (excluding diaryl/α,β-unsaturated/α-hetero) is 1. The molecule has 0 aliphatic carbocycles. The van der Waals surface area contributed by atoms with E-state index in [-0.39, 0.29) is 12.4 Å². The molecule has 2 aromatic rings.